The Bertz CT molecular complexity index is 1470. The third kappa shape index (κ3) is 6.05. The number of fused-ring (bicyclic) bond motifs is 1. The van der Waals surface area contributed by atoms with E-state index in [1.54, 1.807) is 31.2 Å². The maximum atomic E-state index is 13.1. The Morgan fingerprint density at radius 2 is 1.75 bits per heavy atom. The molecule has 0 saturated heterocycles. The van der Waals surface area contributed by atoms with Crippen molar-refractivity contribution in [2.75, 3.05) is 12.4 Å². The molecular formula is C29H34F3N3O4S. The lowest BCUT2D eigenvalue weighted by Gasteiger charge is -2.30. The molecule has 216 valence electrons. The molecule has 0 spiro atoms. The summed E-state index contributed by atoms with van der Waals surface area (Å²) < 4.78 is 65.4. The van der Waals surface area contributed by atoms with Gasteiger partial charge in [-0.25, -0.2) is 8.42 Å². The number of alkyl halides is 3. The van der Waals surface area contributed by atoms with Crippen LogP contribution in [0, 0.1) is 11.8 Å². The predicted octanol–water partition coefficient (Wildman–Crippen LogP) is 5.54. The minimum absolute atomic E-state index is 0.0214. The van der Waals surface area contributed by atoms with Gasteiger partial charge < -0.3 is 10.4 Å². The van der Waals surface area contributed by atoms with E-state index in [0.717, 1.165) is 23.9 Å². The molecule has 0 aliphatic heterocycles. The molecule has 2 aromatic carbocycles. The smallest absolute Gasteiger partial charge is 0.391 e. The zero-order chi connectivity index (χ0) is 28.7. The van der Waals surface area contributed by atoms with Crippen LogP contribution in [0.2, 0.25) is 0 Å². The topological polar surface area (TPSA) is 101 Å². The second-order valence-electron chi connectivity index (χ2n) is 11.0. The van der Waals surface area contributed by atoms with Crippen molar-refractivity contribution in [3.8, 4) is 0 Å². The van der Waals surface area contributed by atoms with Crippen molar-refractivity contribution in [3.63, 3.8) is 0 Å². The van der Waals surface area contributed by atoms with Crippen LogP contribution in [0.5, 0.6) is 0 Å². The average molecular weight is 578 g/mol. The summed E-state index contributed by atoms with van der Waals surface area (Å²) >= 11 is 0. The summed E-state index contributed by atoms with van der Waals surface area (Å²) in [7, 11) is -3.36. The van der Waals surface area contributed by atoms with E-state index in [0.29, 0.717) is 41.9 Å². The highest BCUT2D eigenvalue weighted by Gasteiger charge is 2.41. The van der Waals surface area contributed by atoms with Crippen molar-refractivity contribution in [1.29, 1.82) is 0 Å². The zero-order valence-corrected chi connectivity index (χ0v) is 23.1. The quantitative estimate of drug-likeness (QED) is 0.348. The normalized spacial score (nSPS) is 20.9. The van der Waals surface area contributed by atoms with Crippen molar-refractivity contribution < 1.29 is 31.5 Å². The molecular weight excluding hydrogens is 543 g/mol. The van der Waals surface area contributed by atoms with Crippen LogP contribution in [0.3, 0.4) is 0 Å². The molecule has 1 atom stereocenters. The number of rotatable bonds is 9. The minimum atomic E-state index is -4.13. The Hall–Kier alpha value is -2.92. The Morgan fingerprint density at radius 3 is 2.33 bits per heavy atom. The van der Waals surface area contributed by atoms with Crippen molar-refractivity contribution in [3.05, 3.63) is 59.3 Å². The Labute approximate surface area is 231 Å². The van der Waals surface area contributed by atoms with Gasteiger partial charge in [-0.15, -0.1) is 0 Å². The highest BCUT2D eigenvalue weighted by molar-refractivity contribution is 7.91. The number of amides is 1. The lowest BCUT2D eigenvalue weighted by atomic mass is 9.81. The number of carbonyl (C=O) groups excluding carboxylic acids is 1. The van der Waals surface area contributed by atoms with E-state index in [9.17, 15) is 31.5 Å². The molecule has 7 nitrogen and oxygen atoms in total. The second kappa shape index (κ2) is 11.2. The highest BCUT2D eigenvalue weighted by Crippen LogP contribution is 2.45. The molecule has 2 aliphatic carbocycles. The van der Waals surface area contributed by atoms with Gasteiger partial charge in [-0.2, -0.15) is 18.3 Å². The highest BCUT2D eigenvalue weighted by atomic mass is 32.2. The predicted molar refractivity (Wildman–Crippen MR) is 145 cm³/mol. The van der Waals surface area contributed by atoms with E-state index in [-0.39, 0.29) is 36.0 Å². The summed E-state index contributed by atoms with van der Waals surface area (Å²) in [4.78, 5) is 13.3. The molecule has 40 heavy (non-hydrogen) atoms. The molecule has 0 bridgehead atoms. The number of nitrogens with zero attached hydrogens (tertiary/aromatic N) is 2. The number of sulfone groups is 1. The summed E-state index contributed by atoms with van der Waals surface area (Å²) in [5, 5.41) is 18.5. The molecule has 2 fully saturated rings. The number of carbonyl (C=O) groups is 1. The molecule has 3 aromatic rings. The summed E-state index contributed by atoms with van der Waals surface area (Å²) in [6.07, 6.45) is -0.697. The van der Waals surface area contributed by atoms with Gasteiger partial charge in [0.1, 0.15) is 0 Å². The van der Waals surface area contributed by atoms with Gasteiger partial charge >= 0.3 is 6.18 Å². The molecule has 1 heterocycles. The first-order chi connectivity index (χ1) is 19.0. The number of hydrogen-bond donors (Lipinski definition) is 2. The van der Waals surface area contributed by atoms with Crippen molar-refractivity contribution in [2.45, 2.75) is 75.0 Å². The van der Waals surface area contributed by atoms with Crippen molar-refractivity contribution >= 4 is 26.6 Å². The number of aliphatic hydroxyl groups excluding tert-OH is 1. The number of halogens is 3. The maximum absolute atomic E-state index is 13.1. The Kier molecular flexibility index (Phi) is 7.98. The average Bonchev–Trinajstić information content (AvgIpc) is 3.71. The van der Waals surface area contributed by atoms with Gasteiger partial charge in [-0.3, -0.25) is 9.48 Å². The molecule has 0 radical (unpaired) electrons. The minimum Gasteiger partial charge on any atom is -0.394 e. The van der Waals surface area contributed by atoms with Crippen LogP contribution in [0.4, 0.5) is 13.2 Å². The molecule has 5 rings (SSSR count). The third-order valence-electron chi connectivity index (χ3n) is 8.26. The van der Waals surface area contributed by atoms with Crippen LogP contribution in [0.15, 0.2) is 47.4 Å². The maximum Gasteiger partial charge on any atom is 0.391 e. The second-order valence-corrected chi connectivity index (χ2v) is 13.3. The lowest BCUT2D eigenvalue weighted by molar-refractivity contribution is -0.184. The van der Waals surface area contributed by atoms with Crippen LogP contribution in [0.1, 0.15) is 79.0 Å². The molecule has 0 unspecified atom stereocenters. The third-order valence-corrected chi connectivity index (χ3v) is 10.0. The van der Waals surface area contributed by atoms with E-state index in [4.69, 9.17) is 5.10 Å². The number of nitrogens with one attached hydrogen (secondary N) is 1. The molecule has 2 saturated carbocycles. The van der Waals surface area contributed by atoms with E-state index >= 15 is 0 Å². The Morgan fingerprint density at radius 1 is 1.07 bits per heavy atom. The fourth-order valence-corrected chi connectivity index (χ4v) is 6.57. The first-order valence-corrected chi connectivity index (χ1v) is 15.5. The van der Waals surface area contributed by atoms with E-state index < -0.39 is 33.9 Å². The van der Waals surface area contributed by atoms with Crippen LogP contribution < -0.4 is 5.32 Å². The van der Waals surface area contributed by atoms with Crippen LogP contribution in [-0.2, 0) is 16.4 Å². The summed E-state index contributed by atoms with van der Waals surface area (Å²) in [5.41, 5.74) is 2.70. The summed E-state index contributed by atoms with van der Waals surface area (Å²) in [6.45, 7) is 1.77. The first kappa shape index (κ1) is 28.6. The van der Waals surface area contributed by atoms with Gasteiger partial charge in [0.15, 0.2) is 9.84 Å². The van der Waals surface area contributed by atoms with E-state index in [2.05, 4.69) is 5.32 Å². The number of aliphatic hydroxyl groups is 1. The van der Waals surface area contributed by atoms with Gasteiger partial charge in [0.25, 0.3) is 5.91 Å². The molecule has 1 amide bonds. The van der Waals surface area contributed by atoms with Gasteiger partial charge in [0.2, 0.25) is 0 Å². The first-order valence-electron chi connectivity index (χ1n) is 13.8. The number of benzene rings is 2. The van der Waals surface area contributed by atoms with Crippen LogP contribution in [-0.4, -0.2) is 47.7 Å². The molecule has 2 N–H and O–H groups in total. The summed E-state index contributed by atoms with van der Waals surface area (Å²) in [6, 6.07) is 10.7. The SMILES string of the molecule is CCS(=O)(=O)c1ccc([C@H](CO)NC(=O)c2ccc3c(C4CC4)n(CC4CCC(C(F)(F)F)CC4)nc3c2)cc1. The lowest BCUT2D eigenvalue weighted by Crippen LogP contribution is -2.30. The molecule has 2 aliphatic rings. The monoisotopic (exact) mass is 577 g/mol. The molecule has 1 aromatic heterocycles. The van der Waals surface area contributed by atoms with Crippen LogP contribution >= 0.6 is 0 Å². The fourth-order valence-electron chi connectivity index (χ4n) is 5.69. The summed E-state index contributed by atoms with van der Waals surface area (Å²) in [5.74, 6) is -1.13. The van der Waals surface area contributed by atoms with E-state index in [1.165, 1.54) is 12.1 Å². The van der Waals surface area contributed by atoms with Gasteiger partial charge in [0.05, 0.1) is 34.7 Å². The van der Waals surface area contributed by atoms with Gasteiger partial charge in [-0.05, 0) is 74.3 Å². The van der Waals surface area contributed by atoms with E-state index in [1.807, 2.05) is 10.7 Å². The van der Waals surface area contributed by atoms with Gasteiger partial charge in [0, 0.05) is 29.1 Å². The standard InChI is InChI=1S/C29H34F3N3O4S/c1-2-40(38,39)23-12-7-19(8-13-23)26(17-36)33-28(37)21-9-14-24-25(15-21)34-35(27(24)20-5-6-20)16-18-3-10-22(11-4-18)29(30,31)32/h7-9,12-15,18,20,22,26,36H,2-6,10-11,16-17H2,1H3,(H,33,37)/t18?,22?,26-/m0/s1. The zero-order valence-electron chi connectivity index (χ0n) is 22.3. The largest absolute Gasteiger partial charge is 0.394 e. The van der Waals surface area contributed by atoms with Crippen LogP contribution in [0.25, 0.3) is 10.9 Å². The number of aromatic nitrogens is 2. The fraction of sp³-hybridized carbons (Fsp3) is 0.517. The Balaban J connectivity index is 1.32. The molecule has 11 heteroatoms. The van der Waals surface area contributed by atoms with Gasteiger partial charge in [-0.1, -0.05) is 25.1 Å². The van der Waals surface area contributed by atoms with Crippen molar-refractivity contribution in [1.82, 2.24) is 15.1 Å². The van der Waals surface area contributed by atoms with Crippen molar-refractivity contribution in [2.24, 2.45) is 11.8 Å². The number of hydrogen-bond acceptors (Lipinski definition) is 5.